The number of ether oxygens (including phenoxy) is 1. The highest BCUT2D eigenvalue weighted by molar-refractivity contribution is 5.94. The summed E-state index contributed by atoms with van der Waals surface area (Å²) in [6.07, 6.45) is -0.634. The van der Waals surface area contributed by atoms with Crippen LogP contribution in [0.4, 0.5) is 5.69 Å². The molecule has 2 rings (SSSR count). The van der Waals surface area contributed by atoms with E-state index in [1.165, 1.54) is 5.56 Å². The van der Waals surface area contributed by atoms with Gasteiger partial charge in [0.15, 0.2) is 6.10 Å². The summed E-state index contributed by atoms with van der Waals surface area (Å²) in [4.78, 5) is 12.2. The molecule has 4 nitrogen and oxygen atoms in total. The van der Waals surface area contributed by atoms with Crippen molar-refractivity contribution < 1.29 is 9.53 Å². The molecule has 0 aliphatic rings. The maximum Gasteiger partial charge on any atom is 0.265 e. The zero-order valence-corrected chi connectivity index (χ0v) is 13.5. The molecule has 2 aromatic rings. The van der Waals surface area contributed by atoms with Crippen LogP contribution in [0, 0.1) is 11.3 Å². The van der Waals surface area contributed by atoms with Crippen LogP contribution in [0.15, 0.2) is 48.5 Å². The number of benzene rings is 2. The molecule has 4 heteroatoms. The Bertz CT molecular complexity index is 715. The predicted octanol–water partition coefficient (Wildman–Crippen LogP) is 4.09. The average molecular weight is 308 g/mol. The quantitative estimate of drug-likeness (QED) is 0.905. The molecule has 0 aromatic heterocycles. The highest BCUT2D eigenvalue weighted by Gasteiger charge is 2.15. The second-order valence-electron chi connectivity index (χ2n) is 5.67. The lowest BCUT2D eigenvalue weighted by Gasteiger charge is -2.15. The largest absolute Gasteiger partial charge is 0.481 e. The van der Waals surface area contributed by atoms with E-state index in [1.807, 2.05) is 30.3 Å². The van der Waals surface area contributed by atoms with Gasteiger partial charge >= 0.3 is 0 Å². The minimum Gasteiger partial charge on any atom is -0.481 e. The monoisotopic (exact) mass is 308 g/mol. The maximum absolute atomic E-state index is 12.2. The van der Waals surface area contributed by atoms with E-state index in [9.17, 15) is 4.79 Å². The second kappa shape index (κ2) is 7.46. The van der Waals surface area contributed by atoms with E-state index < -0.39 is 6.10 Å². The number of anilines is 1. The molecule has 0 saturated heterocycles. The van der Waals surface area contributed by atoms with E-state index in [2.05, 4.69) is 19.2 Å². The number of nitriles is 1. The van der Waals surface area contributed by atoms with Gasteiger partial charge in [0.25, 0.3) is 5.91 Å². The van der Waals surface area contributed by atoms with Gasteiger partial charge in [0.1, 0.15) is 5.75 Å². The van der Waals surface area contributed by atoms with Crippen molar-refractivity contribution in [2.75, 3.05) is 5.32 Å². The standard InChI is InChI=1S/C19H20N2O2/c1-13(2)16-7-9-18(10-8-16)23-14(3)19(22)21-17-6-4-5-15(11-17)12-20/h4-11,13-14H,1-3H3,(H,21,22). The van der Waals surface area contributed by atoms with Crippen LogP contribution in [-0.4, -0.2) is 12.0 Å². The zero-order valence-electron chi connectivity index (χ0n) is 13.5. The Hall–Kier alpha value is -2.80. The van der Waals surface area contributed by atoms with Crippen LogP contribution in [0.3, 0.4) is 0 Å². The van der Waals surface area contributed by atoms with Crippen LogP contribution in [0.5, 0.6) is 5.75 Å². The molecule has 0 fully saturated rings. The highest BCUT2D eigenvalue weighted by atomic mass is 16.5. The molecule has 1 amide bonds. The number of rotatable bonds is 5. The lowest BCUT2D eigenvalue weighted by Crippen LogP contribution is -2.30. The number of nitrogens with zero attached hydrogens (tertiary/aromatic N) is 1. The molecule has 0 saturated carbocycles. The molecule has 0 spiro atoms. The van der Waals surface area contributed by atoms with Crippen molar-refractivity contribution in [3.05, 3.63) is 59.7 Å². The average Bonchev–Trinajstić information content (AvgIpc) is 2.55. The molecule has 0 aliphatic heterocycles. The zero-order chi connectivity index (χ0) is 16.8. The Morgan fingerprint density at radius 2 is 1.83 bits per heavy atom. The number of carbonyl (C=O) groups excluding carboxylic acids is 1. The molecule has 23 heavy (non-hydrogen) atoms. The Morgan fingerprint density at radius 3 is 2.43 bits per heavy atom. The van der Waals surface area contributed by atoms with E-state index in [1.54, 1.807) is 31.2 Å². The molecule has 0 heterocycles. The van der Waals surface area contributed by atoms with Crippen molar-refractivity contribution in [2.24, 2.45) is 0 Å². The summed E-state index contributed by atoms with van der Waals surface area (Å²) in [6.45, 7) is 5.95. The Balaban J connectivity index is 1.98. The summed E-state index contributed by atoms with van der Waals surface area (Å²) in [5.41, 5.74) is 2.31. The smallest absolute Gasteiger partial charge is 0.265 e. The van der Waals surface area contributed by atoms with Gasteiger partial charge in [0.2, 0.25) is 0 Å². The van der Waals surface area contributed by atoms with Crippen molar-refractivity contribution in [2.45, 2.75) is 32.8 Å². The molecule has 0 radical (unpaired) electrons. The molecule has 1 N–H and O–H groups in total. The van der Waals surface area contributed by atoms with Gasteiger partial charge in [-0.1, -0.05) is 32.0 Å². The molecular weight excluding hydrogens is 288 g/mol. The normalized spacial score (nSPS) is 11.6. The Kier molecular flexibility index (Phi) is 5.37. The summed E-state index contributed by atoms with van der Waals surface area (Å²) in [6, 6.07) is 16.6. The van der Waals surface area contributed by atoms with Gasteiger partial charge in [-0.3, -0.25) is 4.79 Å². The molecule has 2 aromatic carbocycles. The number of nitrogens with one attached hydrogen (secondary N) is 1. The summed E-state index contributed by atoms with van der Waals surface area (Å²) < 4.78 is 5.66. The summed E-state index contributed by atoms with van der Waals surface area (Å²) in [7, 11) is 0. The van der Waals surface area contributed by atoms with Gasteiger partial charge < -0.3 is 10.1 Å². The van der Waals surface area contributed by atoms with Crippen LogP contribution in [0.25, 0.3) is 0 Å². The van der Waals surface area contributed by atoms with Gasteiger partial charge in [-0.2, -0.15) is 5.26 Å². The van der Waals surface area contributed by atoms with Crippen LogP contribution in [0.2, 0.25) is 0 Å². The van der Waals surface area contributed by atoms with Gasteiger partial charge in [-0.15, -0.1) is 0 Å². The lowest BCUT2D eigenvalue weighted by molar-refractivity contribution is -0.122. The first-order valence-electron chi connectivity index (χ1n) is 7.57. The van der Waals surface area contributed by atoms with Crippen molar-refractivity contribution in [1.29, 1.82) is 5.26 Å². The lowest BCUT2D eigenvalue weighted by atomic mass is 10.0. The van der Waals surface area contributed by atoms with E-state index in [0.717, 1.165) is 0 Å². The molecule has 1 atom stereocenters. The molecule has 1 unspecified atom stereocenters. The minimum absolute atomic E-state index is 0.256. The maximum atomic E-state index is 12.2. The van der Waals surface area contributed by atoms with Gasteiger partial charge in [-0.05, 0) is 48.7 Å². The highest BCUT2D eigenvalue weighted by Crippen LogP contribution is 2.20. The van der Waals surface area contributed by atoms with Crippen LogP contribution < -0.4 is 10.1 Å². The number of carbonyl (C=O) groups is 1. The van der Waals surface area contributed by atoms with E-state index in [4.69, 9.17) is 10.00 Å². The molecule has 118 valence electrons. The SMILES string of the molecule is CC(Oc1ccc(C(C)C)cc1)C(=O)Nc1cccc(C#N)c1. The van der Waals surface area contributed by atoms with Gasteiger partial charge in [-0.25, -0.2) is 0 Å². The fourth-order valence-corrected chi connectivity index (χ4v) is 2.10. The Labute approximate surface area is 136 Å². The first-order chi connectivity index (χ1) is 11.0. The summed E-state index contributed by atoms with van der Waals surface area (Å²) >= 11 is 0. The summed E-state index contributed by atoms with van der Waals surface area (Å²) in [5.74, 6) is 0.855. The fourth-order valence-electron chi connectivity index (χ4n) is 2.10. The van der Waals surface area contributed by atoms with Crippen LogP contribution in [-0.2, 0) is 4.79 Å². The number of amides is 1. The summed E-state index contributed by atoms with van der Waals surface area (Å²) in [5, 5.41) is 11.6. The van der Waals surface area contributed by atoms with Crippen LogP contribution in [0.1, 0.15) is 37.8 Å². The Morgan fingerprint density at radius 1 is 1.13 bits per heavy atom. The number of hydrogen-bond acceptors (Lipinski definition) is 3. The van der Waals surface area contributed by atoms with Gasteiger partial charge in [0, 0.05) is 5.69 Å². The van der Waals surface area contributed by atoms with E-state index >= 15 is 0 Å². The molecule has 0 bridgehead atoms. The first-order valence-corrected chi connectivity index (χ1v) is 7.57. The van der Waals surface area contributed by atoms with Crippen molar-refractivity contribution in [3.8, 4) is 11.8 Å². The first kappa shape index (κ1) is 16.6. The second-order valence-corrected chi connectivity index (χ2v) is 5.67. The van der Waals surface area contributed by atoms with Crippen molar-refractivity contribution >= 4 is 11.6 Å². The third kappa shape index (κ3) is 4.58. The van der Waals surface area contributed by atoms with E-state index in [0.29, 0.717) is 22.9 Å². The van der Waals surface area contributed by atoms with Crippen molar-refractivity contribution in [3.63, 3.8) is 0 Å². The third-order valence-electron chi connectivity index (χ3n) is 3.49. The third-order valence-corrected chi connectivity index (χ3v) is 3.49. The predicted molar refractivity (Wildman–Crippen MR) is 90.4 cm³/mol. The van der Waals surface area contributed by atoms with Crippen LogP contribution >= 0.6 is 0 Å². The van der Waals surface area contributed by atoms with E-state index in [-0.39, 0.29) is 5.91 Å². The number of hydrogen-bond donors (Lipinski definition) is 1. The minimum atomic E-state index is -0.634. The molecular formula is C19H20N2O2. The molecule has 0 aliphatic carbocycles. The topological polar surface area (TPSA) is 62.1 Å². The fraction of sp³-hybridized carbons (Fsp3) is 0.263. The van der Waals surface area contributed by atoms with Gasteiger partial charge in [0.05, 0.1) is 11.6 Å². The van der Waals surface area contributed by atoms with Crippen molar-refractivity contribution in [1.82, 2.24) is 0 Å².